The van der Waals surface area contributed by atoms with Gasteiger partial charge < -0.3 is 15.2 Å². The van der Waals surface area contributed by atoms with Gasteiger partial charge in [-0.3, -0.25) is 0 Å². The number of hydrogen-bond donors (Lipinski definition) is 3. The fourth-order valence-corrected chi connectivity index (χ4v) is 1.71. The number of methoxy groups -OCH3 is 1. The summed E-state index contributed by atoms with van der Waals surface area (Å²) in [5.41, 5.74) is 0.445. The monoisotopic (exact) mass is 289 g/mol. The van der Waals surface area contributed by atoms with Crippen LogP contribution in [0.1, 0.15) is 0 Å². The van der Waals surface area contributed by atoms with E-state index in [1.54, 1.807) is 24.3 Å². The normalized spacial score (nSPS) is 11.4. The molecule has 0 unspecified atom stereocenters. The van der Waals surface area contributed by atoms with E-state index in [1.807, 2.05) is 0 Å². The molecular formula is C10H11NO5S2. The highest BCUT2D eigenvalue weighted by atomic mass is 32.2. The Morgan fingerprint density at radius 3 is 2.33 bits per heavy atom. The third kappa shape index (κ3) is 3.67. The zero-order valence-electron chi connectivity index (χ0n) is 9.32. The van der Waals surface area contributed by atoms with E-state index < -0.39 is 26.5 Å². The summed E-state index contributed by atoms with van der Waals surface area (Å²) in [6, 6.07) is 4.97. The number of rotatable bonds is 5. The Labute approximate surface area is 111 Å². The number of ether oxygens (including phenoxy) is 1. The Kier molecular flexibility index (Phi) is 5.05. The van der Waals surface area contributed by atoms with Gasteiger partial charge in [-0.2, -0.15) is 8.42 Å². The summed E-state index contributed by atoms with van der Waals surface area (Å²) in [5.74, 6) is -0.727. The Bertz CT molecular complexity index is 556. The lowest BCUT2D eigenvalue weighted by Gasteiger charge is -2.13. The minimum absolute atomic E-state index is 0.445. The third-order valence-electron chi connectivity index (χ3n) is 2.07. The van der Waals surface area contributed by atoms with Crippen LogP contribution in [0, 0.1) is 0 Å². The van der Waals surface area contributed by atoms with Crippen molar-refractivity contribution in [3.05, 3.63) is 24.3 Å². The number of carboxylic acid groups (broad SMARTS) is 1. The van der Waals surface area contributed by atoms with Gasteiger partial charge in [-0.25, -0.2) is 4.79 Å². The van der Waals surface area contributed by atoms with Crippen molar-refractivity contribution in [2.75, 3.05) is 12.4 Å². The molecule has 0 aliphatic carbocycles. The Hall–Kier alpha value is -1.67. The molecule has 0 saturated carbocycles. The van der Waals surface area contributed by atoms with Gasteiger partial charge in [0.2, 0.25) is 10.3 Å². The molecule has 1 atom stereocenters. The zero-order chi connectivity index (χ0) is 13.7. The van der Waals surface area contributed by atoms with Gasteiger partial charge in [-0.1, -0.05) is 0 Å². The summed E-state index contributed by atoms with van der Waals surface area (Å²) in [4.78, 5) is 10.9. The van der Waals surface area contributed by atoms with Gasteiger partial charge in [0.05, 0.1) is 7.11 Å². The van der Waals surface area contributed by atoms with Crippen LogP contribution in [0.4, 0.5) is 5.69 Å². The maximum atomic E-state index is 10.9. The first-order valence-corrected chi connectivity index (χ1v) is 6.26. The molecule has 0 fully saturated rings. The van der Waals surface area contributed by atoms with Crippen LogP contribution in [0.5, 0.6) is 5.75 Å². The highest BCUT2D eigenvalue weighted by Crippen LogP contribution is 2.16. The second-order valence-electron chi connectivity index (χ2n) is 3.22. The number of benzene rings is 1. The first-order chi connectivity index (χ1) is 8.45. The minimum atomic E-state index is -2.68. The number of carbonyl (C=O) groups is 1. The Morgan fingerprint density at radius 1 is 1.39 bits per heavy atom. The molecule has 0 aliphatic rings. The molecule has 0 aliphatic heterocycles. The van der Waals surface area contributed by atoms with Crippen molar-refractivity contribution in [2.45, 2.75) is 6.04 Å². The van der Waals surface area contributed by atoms with Crippen molar-refractivity contribution < 1.29 is 23.1 Å². The molecule has 2 N–H and O–H groups in total. The average molecular weight is 289 g/mol. The van der Waals surface area contributed by atoms with E-state index >= 15 is 0 Å². The van der Waals surface area contributed by atoms with E-state index in [0.717, 1.165) is 0 Å². The van der Waals surface area contributed by atoms with Crippen LogP contribution >= 0.6 is 12.6 Å². The van der Waals surface area contributed by atoms with Crippen LogP contribution in [-0.4, -0.2) is 36.8 Å². The standard InChI is InChI=1S/C10H11NO5S2/c1-16-7-4-2-6(3-5-7)11-8(9(12)13)10(17)18(14)15/h2-5,8,11,17H,1H3,(H,12,13)/t8-/m1/s1. The summed E-state index contributed by atoms with van der Waals surface area (Å²) in [6.45, 7) is 0. The highest BCUT2D eigenvalue weighted by molar-refractivity contribution is 8.09. The molecule has 0 heterocycles. The average Bonchev–Trinajstić information content (AvgIpc) is 2.35. The van der Waals surface area contributed by atoms with E-state index in [1.165, 1.54) is 7.11 Å². The van der Waals surface area contributed by atoms with Crippen LogP contribution in [0.2, 0.25) is 0 Å². The van der Waals surface area contributed by atoms with E-state index in [2.05, 4.69) is 17.9 Å². The van der Waals surface area contributed by atoms with Crippen LogP contribution < -0.4 is 10.1 Å². The number of aliphatic carboxylic acids is 1. The van der Waals surface area contributed by atoms with Crippen molar-refractivity contribution >= 4 is 38.8 Å². The Morgan fingerprint density at radius 2 is 1.94 bits per heavy atom. The lowest BCUT2D eigenvalue weighted by atomic mass is 10.2. The number of hydrogen-bond acceptors (Lipinski definition) is 5. The molecule has 0 radical (unpaired) electrons. The van der Waals surface area contributed by atoms with Crippen molar-refractivity contribution in [1.29, 1.82) is 0 Å². The summed E-state index contributed by atoms with van der Waals surface area (Å²) in [7, 11) is -1.18. The number of nitrogens with one attached hydrogen (secondary N) is 1. The maximum Gasteiger partial charge on any atom is 0.332 e. The fraction of sp³-hybridized carbons (Fsp3) is 0.200. The number of anilines is 1. The topological polar surface area (TPSA) is 92.7 Å². The number of thiol groups is 1. The van der Waals surface area contributed by atoms with Gasteiger partial charge in [-0.15, -0.1) is 12.6 Å². The second kappa shape index (κ2) is 6.31. The Balaban J connectivity index is 2.97. The number of carboxylic acids is 1. The molecule has 0 spiro atoms. The van der Waals surface area contributed by atoms with Crippen molar-refractivity contribution in [1.82, 2.24) is 0 Å². The smallest absolute Gasteiger partial charge is 0.332 e. The molecular weight excluding hydrogens is 278 g/mol. The van der Waals surface area contributed by atoms with Crippen molar-refractivity contribution in [3.8, 4) is 5.75 Å². The molecule has 18 heavy (non-hydrogen) atoms. The summed E-state index contributed by atoms with van der Waals surface area (Å²) in [5, 5.41) is 11.5. The summed E-state index contributed by atoms with van der Waals surface area (Å²) >= 11 is 3.66. The third-order valence-corrected chi connectivity index (χ3v) is 3.35. The molecule has 6 nitrogen and oxygen atoms in total. The predicted molar refractivity (Wildman–Crippen MR) is 71.0 cm³/mol. The van der Waals surface area contributed by atoms with E-state index in [0.29, 0.717) is 11.4 Å². The van der Waals surface area contributed by atoms with Crippen LogP contribution in [0.3, 0.4) is 0 Å². The van der Waals surface area contributed by atoms with Gasteiger partial charge >= 0.3 is 5.97 Å². The fourth-order valence-electron chi connectivity index (χ4n) is 1.18. The minimum Gasteiger partial charge on any atom is -0.497 e. The SMILES string of the molecule is COc1ccc(N[C@H](C(=O)O)C(S)=S(=O)=O)cc1. The van der Waals surface area contributed by atoms with E-state index in [-0.39, 0.29) is 0 Å². The van der Waals surface area contributed by atoms with Crippen molar-refractivity contribution in [3.63, 3.8) is 0 Å². The van der Waals surface area contributed by atoms with Gasteiger partial charge in [0.15, 0.2) is 6.04 Å². The summed E-state index contributed by atoms with van der Waals surface area (Å²) < 4.78 is 25.9. The van der Waals surface area contributed by atoms with Gasteiger partial charge in [0.1, 0.15) is 9.95 Å². The second-order valence-corrected chi connectivity index (χ2v) is 4.91. The highest BCUT2D eigenvalue weighted by Gasteiger charge is 2.22. The molecule has 0 saturated heterocycles. The van der Waals surface area contributed by atoms with Gasteiger partial charge in [0, 0.05) is 5.69 Å². The molecule has 0 aromatic heterocycles. The molecule has 8 heteroatoms. The molecule has 0 amide bonds. The quantitative estimate of drug-likeness (QED) is 0.540. The molecule has 0 bridgehead atoms. The molecule has 1 aromatic carbocycles. The zero-order valence-corrected chi connectivity index (χ0v) is 11.0. The first kappa shape index (κ1) is 14.4. The molecule has 1 rings (SSSR count). The largest absolute Gasteiger partial charge is 0.497 e. The first-order valence-electron chi connectivity index (χ1n) is 4.74. The van der Waals surface area contributed by atoms with Crippen molar-refractivity contribution in [2.24, 2.45) is 0 Å². The van der Waals surface area contributed by atoms with E-state index in [9.17, 15) is 13.2 Å². The van der Waals surface area contributed by atoms with E-state index in [4.69, 9.17) is 9.84 Å². The maximum absolute atomic E-state index is 10.9. The van der Waals surface area contributed by atoms with Gasteiger partial charge in [0.25, 0.3) is 0 Å². The molecule has 98 valence electrons. The van der Waals surface area contributed by atoms with Crippen LogP contribution in [-0.2, 0) is 15.1 Å². The lowest BCUT2D eigenvalue weighted by molar-refractivity contribution is -0.136. The predicted octanol–water partition coefficient (Wildman–Crippen LogP) is 0.499. The van der Waals surface area contributed by atoms with Crippen LogP contribution in [0.25, 0.3) is 0 Å². The summed E-state index contributed by atoms with van der Waals surface area (Å²) in [6.07, 6.45) is 0. The van der Waals surface area contributed by atoms with Gasteiger partial charge in [-0.05, 0) is 24.3 Å². The molecule has 1 aromatic rings. The lowest BCUT2D eigenvalue weighted by Crippen LogP contribution is -2.35. The van der Waals surface area contributed by atoms with Crippen LogP contribution in [0.15, 0.2) is 24.3 Å².